The minimum atomic E-state index is 0.131. The van der Waals surface area contributed by atoms with Crippen LogP contribution in [0.3, 0.4) is 0 Å². The summed E-state index contributed by atoms with van der Waals surface area (Å²) in [7, 11) is 0. The Labute approximate surface area is 113 Å². The molecule has 0 spiro atoms. The molecular formula is C17H18N2. The number of hydrogen-bond donors (Lipinski definition) is 0. The van der Waals surface area contributed by atoms with Crippen molar-refractivity contribution in [2.75, 3.05) is 0 Å². The fourth-order valence-corrected chi connectivity index (χ4v) is 2.33. The molecule has 3 rings (SSSR count). The summed E-state index contributed by atoms with van der Waals surface area (Å²) < 4.78 is 0. The Morgan fingerprint density at radius 3 is 2.11 bits per heavy atom. The van der Waals surface area contributed by atoms with Crippen LogP contribution in [0, 0.1) is 6.92 Å². The van der Waals surface area contributed by atoms with E-state index < -0.39 is 0 Å². The van der Waals surface area contributed by atoms with Gasteiger partial charge in [-0.1, -0.05) is 39.0 Å². The van der Waals surface area contributed by atoms with E-state index in [1.54, 1.807) is 0 Å². The number of para-hydroxylation sites is 2. The highest BCUT2D eigenvalue weighted by Crippen LogP contribution is 2.28. The molecule has 0 saturated heterocycles. The SMILES string of the molecule is Cc1cc(C(C)(C)C)cc2nc3ccccc3nc12. The number of benzene rings is 2. The smallest absolute Gasteiger partial charge is 0.0923 e. The van der Waals surface area contributed by atoms with Crippen molar-refractivity contribution in [2.24, 2.45) is 0 Å². The van der Waals surface area contributed by atoms with Gasteiger partial charge in [-0.15, -0.1) is 0 Å². The van der Waals surface area contributed by atoms with Crippen LogP contribution in [0.15, 0.2) is 36.4 Å². The molecule has 3 aromatic rings. The van der Waals surface area contributed by atoms with Gasteiger partial charge >= 0.3 is 0 Å². The number of aromatic nitrogens is 2. The zero-order valence-electron chi connectivity index (χ0n) is 11.9. The number of nitrogens with zero attached hydrogens (tertiary/aromatic N) is 2. The standard InChI is InChI=1S/C17H18N2/c1-11-9-12(17(2,3)4)10-15-16(11)19-14-8-6-5-7-13(14)18-15/h5-10H,1-4H3. The van der Waals surface area contributed by atoms with Gasteiger partial charge < -0.3 is 0 Å². The number of fused-ring (bicyclic) bond motifs is 2. The number of rotatable bonds is 0. The van der Waals surface area contributed by atoms with Crippen molar-refractivity contribution in [3.8, 4) is 0 Å². The lowest BCUT2D eigenvalue weighted by molar-refractivity contribution is 0.590. The van der Waals surface area contributed by atoms with Crippen molar-refractivity contribution in [3.63, 3.8) is 0 Å². The van der Waals surface area contributed by atoms with Crippen LogP contribution in [0.25, 0.3) is 22.1 Å². The van der Waals surface area contributed by atoms with Crippen LogP contribution < -0.4 is 0 Å². The lowest BCUT2D eigenvalue weighted by Gasteiger charge is -2.20. The molecular weight excluding hydrogens is 232 g/mol. The van der Waals surface area contributed by atoms with Gasteiger partial charge in [0.05, 0.1) is 22.1 Å². The van der Waals surface area contributed by atoms with Crippen LogP contribution in [0.1, 0.15) is 31.9 Å². The average Bonchev–Trinajstić information content (AvgIpc) is 2.35. The summed E-state index contributed by atoms with van der Waals surface area (Å²) in [6.07, 6.45) is 0. The normalized spacial score (nSPS) is 12.2. The molecule has 0 aliphatic heterocycles. The minimum Gasteiger partial charge on any atom is -0.244 e. The average molecular weight is 250 g/mol. The lowest BCUT2D eigenvalue weighted by Crippen LogP contribution is -2.11. The Kier molecular flexibility index (Phi) is 2.56. The molecule has 19 heavy (non-hydrogen) atoms. The van der Waals surface area contributed by atoms with E-state index >= 15 is 0 Å². The molecule has 2 nitrogen and oxygen atoms in total. The molecule has 1 heterocycles. The Balaban J connectivity index is 2.38. The van der Waals surface area contributed by atoms with Crippen LogP contribution in [-0.4, -0.2) is 9.97 Å². The third-order valence-electron chi connectivity index (χ3n) is 3.50. The van der Waals surface area contributed by atoms with E-state index in [0.29, 0.717) is 0 Å². The van der Waals surface area contributed by atoms with Crippen molar-refractivity contribution in [1.82, 2.24) is 9.97 Å². The molecule has 0 aliphatic carbocycles. The first-order valence-electron chi connectivity index (χ1n) is 6.63. The second kappa shape index (κ2) is 4.02. The molecule has 2 aromatic carbocycles. The Bertz CT molecular complexity index is 767. The van der Waals surface area contributed by atoms with Crippen molar-refractivity contribution >= 4 is 22.1 Å². The van der Waals surface area contributed by atoms with E-state index in [1.807, 2.05) is 24.3 Å². The highest BCUT2D eigenvalue weighted by Gasteiger charge is 2.16. The first-order chi connectivity index (χ1) is 8.95. The molecule has 0 aliphatic rings. The largest absolute Gasteiger partial charge is 0.244 e. The molecule has 96 valence electrons. The monoisotopic (exact) mass is 250 g/mol. The molecule has 0 unspecified atom stereocenters. The maximum absolute atomic E-state index is 4.75. The first-order valence-corrected chi connectivity index (χ1v) is 6.63. The molecule has 0 bridgehead atoms. The van der Waals surface area contributed by atoms with Crippen molar-refractivity contribution in [1.29, 1.82) is 0 Å². The molecule has 0 N–H and O–H groups in total. The van der Waals surface area contributed by atoms with Gasteiger partial charge in [0.1, 0.15) is 0 Å². The molecule has 0 amide bonds. The molecule has 0 fully saturated rings. The Morgan fingerprint density at radius 2 is 1.47 bits per heavy atom. The summed E-state index contributed by atoms with van der Waals surface area (Å²) in [5, 5.41) is 0. The summed E-state index contributed by atoms with van der Waals surface area (Å²) >= 11 is 0. The van der Waals surface area contributed by atoms with Crippen LogP contribution in [0.2, 0.25) is 0 Å². The highest BCUT2D eigenvalue weighted by atomic mass is 14.8. The van der Waals surface area contributed by atoms with Gasteiger partial charge in [0.15, 0.2) is 0 Å². The van der Waals surface area contributed by atoms with E-state index in [4.69, 9.17) is 9.97 Å². The van der Waals surface area contributed by atoms with Gasteiger partial charge in [0.25, 0.3) is 0 Å². The summed E-state index contributed by atoms with van der Waals surface area (Å²) in [6, 6.07) is 12.4. The quantitative estimate of drug-likeness (QED) is 0.553. The van der Waals surface area contributed by atoms with E-state index in [2.05, 4.69) is 39.8 Å². The predicted molar refractivity (Wildman–Crippen MR) is 80.5 cm³/mol. The van der Waals surface area contributed by atoms with Crippen LogP contribution in [0.4, 0.5) is 0 Å². The summed E-state index contributed by atoms with van der Waals surface area (Å²) in [5.41, 5.74) is 6.55. The van der Waals surface area contributed by atoms with Gasteiger partial charge in [-0.3, -0.25) is 0 Å². The van der Waals surface area contributed by atoms with E-state index in [9.17, 15) is 0 Å². The maximum Gasteiger partial charge on any atom is 0.0923 e. The van der Waals surface area contributed by atoms with Gasteiger partial charge in [0, 0.05) is 0 Å². The number of hydrogen-bond acceptors (Lipinski definition) is 2. The first kappa shape index (κ1) is 12.1. The Hall–Kier alpha value is -1.96. The summed E-state index contributed by atoms with van der Waals surface area (Å²) in [6.45, 7) is 8.78. The fraction of sp³-hybridized carbons (Fsp3) is 0.294. The minimum absolute atomic E-state index is 0.131. The topological polar surface area (TPSA) is 25.8 Å². The van der Waals surface area contributed by atoms with Crippen LogP contribution in [-0.2, 0) is 5.41 Å². The molecule has 2 heteroatoms. The van der Waals surface area contributed by atoms with E-state index in [0.717, 1.165) is 22.1 Å². The summed E-state index contributed by atoms with van der Waals surface area (Å²) in [4.78, 5) is 9.49. The second-order valence-electron chi connectivity index (χ2n) is 6.12. The number of aryl methyl sites for hydroxylation is 1. The molecule has 0 saturated carbocycles. The molecule has 1 aromatic heterocycles. The summed E-state index contributed by atoms with van der Waals surface area (Å²) in [5.74, 6) is 0. The maximum atomic E-state index is 4.75. The highest BCUT2D eigenvalue weighted by molar-refractivity contribution is 5.88. The van der Waals surface area contributed by atoms with Gasteiger partial charge in [0.2, 0.25) is 0 Å². The van der Waals surface area contributed by atoms with Crippen molar-refractivity contribution in [2.45, 2.75) is 33.1 Å². The second-order valence-corrected chi connectivity index (χ2v) is 6.12. The Morgan fingerprint density at radius 1 is 0.842 bits per heavy atom. The zero-order valence-corrected chi connectivity index (χ0v) is 11.9. The third-order valence-corrected chi connectivity index (χ3v) is 3.50. The van der Waals surface area contributed by atoms with Crippen molar-refractivity contribution < 1.29 is 0 Å². The fourth-order valence-electron chi connectivity index (χ4n) is 2.33. The molecule has 0 atom stereocenters. The van der Waals surface area contributed by atoms with Crippen LogP contribution >= 0.6 is 0 Å². The van der Waals surface area contributed by atoms with Crippen molar-refractivity contribution in [3.05, 3.63) is 47.5 Å². The lowest BCUT2D eigenvalue weighted by atomic mass is 9.86. The van der Waals surface area contributed by atoms with Gasteiger partial charge in [-0.25, -0.2) is 9.97 Å². The van der Waals surface area contributed by atoms with E-state index in [-0.39, 0.29) is 5.41 Å². The van der Waals surface area contributed by atoms with E-state index in [1.165, 1.54) is 11.1 Å². The van der Waals surface area contributed by atoms with Gasteiger partial charge in [-0.05, 0) is 41.7 Å². The predicted octanol–water partition coefficient (Wildman–Crippen LogP) is 4.39. The zero-order chi connectivity index (χ0) is 13.6. The van der Waals surface area contributed by atoms with Crippen LogP contribution in [0.5, 0.6) is 0 Å². The molecule has 0 radical (unpaired) electrons. The third kappa shape index (κ3) is 2.07. The van der Waals surface area contributed by atoms with Gasteiger partial charge in [-0.2, -0.15) is 0 Å².